The monoisotopic (exact) mass is 293 g/mol. The fraction of sp³-hybridized carbons (Fsp3) is 0.562. The third-order valence-corrected chi connectivity index (χ3v) is 2.88. The van der Waals surface area contributed by atoms with E-state index in [0.29, 0.717) is 13.1 Å². The largest absolute Gasteiger partial charge is 0.444 e. The second-order valence-electron chi connectivity index (χ2n) is 6.02. The second kappa shape index (κ2) is 8.64. The minimum atomic E-state index is -0.469. The molecule has 0 radical (unpaired) electrons. The van der Waals surface area contributed by atoms with Crippen molar-refractivity contribution in [2.45, 2.75) is 45.4 Å². The van der Waals surface area contributed by atoms with Gasteiger partial charge in [0.1, 0.15) is 5.60 Å². The molecule has 0 aromatic heterocycles. The molecule has 0 bridgehead atoms. The highest BCUT2D eigenvalue weighted by Gasteiger charge is 2.16. The molecule has 0 aliphatic rings. The summed E-state index contributed by atoms with van der Waals surface area (Å²) in [6.07, 6.45) is 0.379. The van der Waals surface area contributed by atoms with Gasteiger partial charge in [-0.25, -0.2) is 4.79 Å². The summed E-state index contributed by atoms with van der Waals surface area (Å²) in [5.41, 5.74) is 6.50. The minimum absolute atomic E-state index is 0.167. The Labute approximate surface area is 127 Å². The summed E-state index contributed by atoms with van der Waals surface area (Å²) in [6, 6.07) is 10.3. The van der Waals surface area contributed by atoms with Gasteiger partial charge in [0.15, 0.2) is 0 Å². The predicted octanol–water partition coefficient (Wildman–Crippen LogP) is 2.02. The van der Waals surface area contributed by atoms with Gasteiger partial charge in [-0.3, -0.25) is 0 Å². The zero-order chi connectivity index (χ0) is 15.7. The lowest BCUT2D eigenvalue weighted by Gasteiger charge is -2.21. The molecule has 0 fully saturated rings. The maximum Gasteiger partial charge on any atom is 0.407 e. The van der Waals surface area contributed by atoms with E-state index < -0.39 is 5.60 Å². The maximum absolute atomic E-state index is 11.5. The van der Waals surface area contributed by atoms with Gasteiger partial charge in [0.25, 0.3) is 0 Å². The van der Waals surface area contributed by atoms with Crippen molar-refractivity contribution in [3.63, 3.8) is 0 Å². The van der Waals surface area contributed by atoms with Crippen LogP contribution in [-0.4, -0.2) is 30.8 Å². The van der Waals surface area contributed by atoms with Crippen molar-refractivity contribution < 1.29 is 9.53 Å². The van der Waals surface area contributed by atoms with Crippen molar-refractivity contribution in [3.05, 3.63) is 35.9 Å². The van der Waals surface area contributed by atoms with Crippen LogP contribution < -0.4 is 16.4 Å². The molecule has 0 heterocycles. The van der Waals surface area contributed by atoms with Gasteiger partial charge in [-0.05, 0) is 32.8 Å². The number of nitrogens with one attached hydrogen (secondary N) is 2. The molecule has 1 atom stereocenters. The number of nitrogens with two attached hydrogens (primary N) is 1. The molecule has 21 heavy (non-hydrogen) atoms. The van der Waals surface area contributed by atoms with Crippen LogP contribution in [0.3, 0.4) is 0 Å². The van der Waals surface area contributed by atoms with E-state index >= 15 is 0 Å². The first-order valence-electron chi connectivity index (χ1n) is 7.35. The van der Waals surface area contributed by atoms with E-state index in [1.807, 2.05) is 39.0 Å². The summed E-state index contributed by atoms with van der Waals surface area (Å²) < 4.78 is 5.18. The molecule has 1 unspecified atom stereocenters. The Balaban J connectivity index is 2.24. The van der Waals surface area contributed by atoms with Crippen LogP contribution in [0, 0.1) is 0 Å². The smallest absolute Gasteiger partial charge is 0.407 e. The summed E-state index contributed by atoms with van der Waals surface area (Å²) in [6.45, 7) is 7.38. The van der Waals surface area contributed by atoms with Gasteiger partial charge in [-0.2, -0.15) is 0 Å². The summed E-state index contributed by atoms with van der Waals surface area (Å²) in [4.78, 5) is 11.5. The highest BCUT2D eigenvalue weighted by Crippen LogP contribution is 2.06. The lowest BCUT2D eigenvalue weighted by molar-refractivity contribution is 0.0526. The van der Waals surface area contributed by atoms with Crippen LogP contribution in [0.5, 0.6) is 0 Å². The highest BCUT2D eigenvalue weighted by atomic mass is 16.6. The number of carbonyl (C=O) groups excluding carboxylic acids is 1. The van der Waals surface area contributed by atoms with Gasteiger partial charge < -0.3 is 21.1 Å². The molecular formula is C16H27N3O2. The van der Waals surface area contributed by atoms with Gasteiger partial charge in [0.2, 0.25) is 0 Å². The van der Waals surface area contributed by atoms with Gasteiger partial charge in [-0.15, -0.1) is 0 Å². The van der Waals surface area contributed by atoms with Crippen LogP contribution in [0.15, 0.2) is 30.3 Å². The van der Waals surface area contributed by atoms with E-state index in [-0.39, 0.29) is 12.1 Å². The third kappa shape index (κ3) is 8.32. The Morgan fingerprint density at radius 2 is 1.95 bits per heavy atom. The topological polar surface area (TPSA) is 76.4 Å². The van der Waals surface area contributed by atoms with Crippen LogP contribution in [0.1, 0.15) is 32.8 Å². The molecule has 4 N–H and O–H groups in total. The zero-order valence-electron chi connectivity index (χ0n) is 13.2. The standard InChI is InChI=1S/C16H27N3O2/c1-16(2,3)21-15(20)18-10-9-14(11-17)19-12-13-7-5-4-6-8-13/h4-8,14,19H,9-12,17H2,1-3H3,(H,18,20). The number of alkyl carbamates (subject to hydrolysis) is 1. The lowest BCUT2D eigenvalue weighted by atomic mass is 10.1. The molecule has 0 saturated heterocycles. The van der Waals surface area contributed by atoms with E-state index in [4.69, 9.17) is 10.5 Å². The van der Waals surface area contributed by atoms with Crippen LogP contribution in [-0.2, 0) is 11.3 Å². The fourth-order valence-electron chi connectivity index (χ4n) is 1.82. The second-order valence-corrected chi connectivity index (χ2v) is 6.02. The number of amides is 1. The lowest BCUT2D eigenvalue weighted by Crippen LogP contribution is -2.40. The number of ether oxygens (including phenoxy) is 1. The molecule has 1 amide bonds. The van der Waals surface area contributed by atoms with E-state index in [2.05, 4.69) is 22.8 Å². The van der Waals surface area contributed by atoms with E-state index in [1.54, 1.807) is 0 Å². The molecular weight excluding hydrogens is 266 g/mol. The quantitative estimate of drug-likeness (QED) is 0.719. The molecule has 0 aliphatic carbocycles. The molecule has 1 aromatic rings. The first-order valence-corrected chi connectivity index (χ1v) is 7.35. The molecule has 1 rings (SSSR count). The van der Waals surface area contributed by atoms with E-state index in [0.717, 1.165) is 13.0 Å². The molecule has 0 spiro atoms. The molecule has 5 nitrogen and oxygen atoms in total. The zero-order valence-corrected chi connectivity index (χ0v) is 13.2. The minimum Gasteiger partial charge on any atom is -0.444 e. The Kier molecular flexibility index (Phi) is 7.19. The van der Waals surface area contributed by atoms with Gasteiger partial charge >= 0.3 is 6.09 Å². The van der Waals surface area contributed by atoms with Crippen LogP contribution in [0.25, 0.3) is 0 Å². The number of hydrogen-bond acceptors (Lipinski definition) is 4. The SMILES string of the molecule is CC(C)(C)OC(=O)NCCC(CN)NCc1ccccc1. The van der Waals surface area contributed by atoms with Crippen molar-refractivity contribution in [1.82, 2.24) is 10.6 Å². The normalized spacial score (nSPS) is 12.8. The van der Waals surface area contributed by atoms with Crippen molar-refractivity contribution in [1.29, 1.82) is 0 Å². The van der Waals surface area contributed by atoms with Crippen LogP contribution in [0.2, 0.25) is 0 Å². The third-order valence-electron chi connectivity index (χ3n) is 2.88. The average molecular weight is 293 g/mol. The van der Waals surface area contributed by atoms with E-state index in [9.17, 15) is 4.79 Å². The van der Waals surface area contributed by atoms with Crippen molar-refractivity contribution in [3.8, 4) is 0 Å². The summed E-state index contributed by atoms with van der Waals surface area (Å²) in [5.74, 6) is 0. The molecule has 5 heteroatoms. The first kappa shape index (κ1) is 17.5. The Morgan fingerprint density at radius 1 is 1.29 bits per heavy atom. The van der Waals surface area contributed by atoms with E-state index in [1.165, 1.54) is 5.56 Å². The molecule has 0 saturated carbocycles. The van der Waals surface area contributed by atoms with Crippen molar-refractivity contribution >= 4 is 6.09 Å². The molecule has 0 aliphatic heterocycles. The van der Waals surface area contributed by atoms with Gasteiger partial charge in [0.05, 0.1) is 0 Å². The van der Waals surface area contributed by atoms with Gasteiger partial charge in [-0.1, -0.05) is 30.3 Å². The van der Waals surface area contributed by atoms with Crippen molar-refractivity contribution in [2.75, 3.05) is 13.1 Å². The highest BCUT2D eigenvalue weighted by molar-refractivity contribution is 5.67. The van der Waals surface area contributed by atoms with Crippen LogP contribution in [0.4, 0.5) is 4.79 Å². The maximum atomic E-state index is 11.5. The Morgan fingerprint density at radius 3 is 2.52 bits per heavy atom. The van der Waals surface area contributed by atoms with Crippen molar-refractivity contribution in [2.24, 2.45) is 5.73 Å². The number of hydrogen-bond donors (Lipinski definition) is 3. The number of rotatable bonds is 7. The summed E-state index contributed by atoms with van der Waals surface area (Å²) in [5, 5.41) is 6.14. The Bertz CT molecular complexity index is 415. The fourth-order valence-corrected chi connectivity index (χ4v) is 1.82. The molecule has 118 valence electrons. The van der Waals surface area contributed by atoms with Crippen LogP contribution >= 0.6 is 0 Å². The number of benzene rings is 1. The molecule has 1 aromatic carbocycles. The Hall–Kier alpha value is -1.59. The first-order chi connectivity index (χ1) is 9.90. The summed E-state index contributed by atoms with van der Waals surface area (Å²) >= 11 is 0. The number of carbonyl (C=O) groups is 1. The summed E-state index contributed by atoms with van der Waals surface area (Å²) in [7, 11) is 0. The predicted molar refractivity (Wildman–Crippen MR) is 85.0 cm³/mol. The van der Waals surface area contributed by atoms with Gasteiger partial charge in [0, 0.05) is 25.7 Å². The average Bonchev–Trinajstić information content (AvgIpc) is 2.41.